The zero-order valence-corrected chi connectivity index (χ0v) is 13.2. The molecule has 0 bridgehead atoms. The van der Waals surface area contributed by atoms with Gasteiger partial charge in [0.25, 0.3) is 5.91 Å². The lowest BCUT2D eigenvalue weighted by atomic mass is 10.1. The number of sulfonamides is 1. The summed E-state index contributed by atoms with van der Waals surface area (Å²) in [5.41, 5.74) is 2.40. The number of carbonyl (C=O) groups is 1. The first-order chi connectivity index (χ1) is 10.3. The third kappa shape index (κ3) is 3.93. The van der Waals surface area contributed by atoms with E-state index in [4.69, 9.17) is 5.14 Å². The zero-order chi connectivity index (χ0) is 16.3. The molecule has 0 aliphatic heterocycles. The van der Waals surface area contributed by atoms with E-state index in [1.54, 1.807) is 18.2 Å². The maximum Gasteiger partial charge on any atom is 0.251 e. The SMILES string of the molecule is Cc1cccc(C(=O)N[C@@H](C)c2ccc(S(N)(=O)=O)cc2)c1. The van der Waals surface area contributed by atoms with Gasteiger partial charge < -0.3 is 5.32 Å². The lowest BCUT2D eigenvalue weighted by Crippen LogP contribution is -2.26. The first-order valence-corrected chi connectivity index (χ1v) is 8.32. The van der Waals surface area contributed by atoms with E-state index in [-0.39, 0.29) is 16.8 Å². The van der Waals surface area contributed by atoms with Crippen LogP contribution in [0.5, 0.6) is 0 Å². The fourth-order valence-corrected chi connectivity index (χ4v) is 2.61. The van der Waals surface area contributed by atoms with Crippen LogP contribution in [0.3, 0.4) is 0 Å². The third-order valence-corrected chi connectivity index (χ3v) is 4.27. The summed E-state index contributed by atoms with van der Waals surface area (Å²) in [6.45, 7) is 3.76. The first-order valence-electron chi connectivity index (χ1n) is 6.77. The average Bonchev–Trinajstić information content (AvgIpc) is 2.46. The van der Waals surface area contributed by atoms with Gasteiger partial charge in [0.05, 0.1) is 10.9 Å². The van der Waals surface area contributed by atoms with E-state index in [1.165, 1.54) is 12.1 Å². The van der Waals surface area contributed by atoms with Crippen LogP contribution >= 0.6 is 0 Å². The highest BCUT2D eigenvalue weighted by atomic mass is 32.2. The van der Waals surface area contributed by atoms with E-state index in [0.717, 1.165) is 11.1 Å². The molecule has 0 radical (unpaired) electrons. The summed E-state index contributed by atoms with van der Waals surface area (Å²) in [6, 6.07) is 13.2. The Morgan fingerprint density at radius 1 is 1.14 bits per heavy atom. The molecule has 2 rings (SSSR count). The van der Waals surface area contributed by atoms with E-state index in [9.17, 15) is 13.2 Å². The molecule has 0 heterocycles. The molecule has 0 spiro atoms. The number of nitrogens with one attached hydrogen (secondary N) is 1. The van der Waals surface area contributed by atoms with Crippen LogP contribution in [-0.4, -0.2) is 14.3 Å². The molecule has 0 saturated carbocycles. The molecule has 2 aromatic carbocycles. The topological polar surface area (TPSA) is 89.3 Å². The maximum absolute atomic E-state index is 12.2. The predicted molar refractivity (Wildman–Crippen MR) is 84.9 cm³/mol. The van der Waals surface area contributed by atoms with Crippen molar-refractivity contribution in [1.29, 1.82) is 0 Å². The van der Waals surface area contributed by atoms with Crippen molar-refractivity contribution >= 4 is 15.9 Å². The first kappa shape index (κ1) is 16.2. The molecule has 3 N–H and O–H groups in total. The minimum atomic E-state index is -3.70. The van der Waals surface area contributed by atoms with Crippen LogP contribution in [0, 0.1) is 6.92 Å². The molecule has 1 amide bonds. The largest absolute Gasteiger partial charge is 0.346 e. The van der Waals surface area contributed by atoms with Gasteiger partial charge in [-0.1, -0.05) is 29.8 Å². The minimum Gasteiger partial charge on any atom is -0.346 e. The second kappa shape index (κ2) is 6.29. The lowest BCUT2D eigenvalue weighted by molar-refractivity contribution is 0.0939. The fraction of sp³-hybridized carbons (Fsp3) is 0.188. The molecule has 6 heteroatoms. The molecule has 0 saturated heterocycles. The van der Waals surface area contributed by atoms with Gasteiger partial charge >= 0.3 is 0 Å². The Morgan fingerprint density at radius 3 is 2.32 bits per heavy atom. The monoisotopic (exact) mass is 318 g/mol. The van der Waals surface area contributed by atoms with Crippen molar-refractivity contribution in [2.24, 2.45) is 5.14 Å². The van der Waals surface area contributed by atoms with Crippen molar-refractivity contribution < 1.29 is 13.2 Å². The van der Waals surface area contributed by atoms with Gasteiger partial charge in [-0.2, -0.15) is 0 Å². The molecule has 5 nitrogen and oxygen atoms in total. The molecular weight excluding hydrogens is 300 g/mol. The van der Waals surface area contributed by atoms with Crippen LogP contribution in [0.25, 0.3) is 0 Å². The van der Waals surface area contributed by atoms with Crippen molar-refractivity contribution in [3.8, 4) is 0 Å². The highest BCUT2D eigenvalue weighted by molar-refractivity contribution is 7.89. The van der Waals surface area contributed by atoms with Crippen molar-refractivity contribution in [3.63, 3.8) is 0 Å². The second-order valence-electron chi connectivity index (χ2n) is 5.18. The molecule has 22 heavy (non-hydrogen) atoms. The Balaban J connectivity index is 2.12. The predicted octanol–water partition coefficient (Wildman–Crippen LogP) is 2.13. The van der Waals surface area contributed by atoms with Crippen molar-refractivity contribution in [3.05, 3.63) is 65.2 Å². The Kier molecular flexibility index (Phi) is 4.63. The number of aryl methyl sites for hydroxylation is 1. The Bertz CT molecular complexity index is 783. The highest BCUT2D eigenvalue weighted by Gasteiger charge is 2.13. The highest BCUT2D eigenvalue weighted by Crippen LogP contribution is 2.16. The van der Waals surface area contributed by atoms with Gasteiger partial charge in [0.2, 0.25) is 10.0 Å². The molecule has 0 aliphatic rings. The molecule has 2 aromatic rings. The van der Waals surface area contributed by atoms with Gasteiger partial charge in [-0.25, -0.2) is 13.6 Å². The van der Waals surface area contributed by atoms with Gasteiger partial charge in [-0.05, 0) is 43.7 Å². The van der Waals surface area contributed by atoms with Gasteiger partial charge in [0.15, 0.2) is 0 Å². The summed E-state index contributed by atoms with van der Waals surface area (Å²) in [7, 11) is -3.70. The number of hydrogen-bond donors (Lipinski definition) is 2. The van der Waals surface area contributed by atoms with Crippen LogP contribution in [0.4, 0.5) is 0 Å². The van der Waals surface area contributed by atoms with Crippen LogP contribution in [0.1, 0.15) is 34.5 Å². The van der Waals surface area contributed by atoms with Crippen molar-refractivity contribution in [1.82, 2.24) is 5.32 Å². The number of benzene rings is 2. The number of carbonyl (C=O) groups excluding carboxylic acids is 1. The van der Waals surface area contributed by atoms with Crippen molar-refractivity contribution in [2.45, 2.75) is 24.8 Å². The van der Waals surface area contributed by atoms with Gasteiger partial charge in [0.1, 0.15) is 0 Å². The number of amides is 1. The van der Waals surface area contributed by atoms with Crippen LogP contribution in [-0.2, 0) is 10.0 Å². The normalized spacial score (nSPS) is 12.7. The maximum atomic E-state index is 12.2. The fourth-order valence-electron chi connectivity index (χ4n) is 2.10. The van der Waals surface area contributed by atoms with E-state index in [0.29, 0.717) is 5.56 Å². The van der Waals surface area contributed by atoms with E-state index in [1.807, 2.05) is 32.0 Å². The quantitative estimate of drug-likeness (QED) is 0.905. The smallest absolute Gasteiger partial charge is 0.251 e. The molecule has 116 valence electrons. The summed E-state index contributed by atoms with van der Waals surface area (Å²) in [5, 5.41) is 7.93. The third-order valence-electron chi connectivity index (χ3n) is 3.34. The Labute approximate surface area is 130 Å². The van der Waals surface area contributed by atoms with Crippen molar-refractivity contribution in [2.75, 3.05) is 0 Å². The zero-order valence-electron chi connectivity index (χ0n) is 12.4. The molecule has 1 atom stereocenters. The molecule has 0 aliphatic carbocycles. The van der Waals surface area contributed by atoms with Gasteiger partial charge in [-0.3, -0.25) is 4.79 Å². The van der Waals surface area contributed by atoms with Crippen LogP contribution < -0.4 is 10.5 Å². The van der Waals surface area contributed by atoms with Crippen LogP contribution in [0.2, 0.25) is 0 Å². The second-order valence-corrected chi connectivity index (χ2v) is 6.74. The van der Waals surface area contributed by atoms with E-state index >= 15 is 0 Å². The summed E-state index contributed by atoms with van der Waals surface area (Å²) < 4.78 is 22.4. The summed E-state index contributed by atoms with van der Waals surface area (Å²) in [4.78, 5) is 12.2. The number of nitrogens with two attached hydrogens (primary N) is 1. The summed E-state index contributed by atoms with van der Waals surface area (Å²) >= 11 is 0. The Morgan fingerprint density at radius 2 is 1.77 bits per heavy atom. The standard InChI is InChI=1S/C16H18N2O3S/c1-11-4-3-5-14(10-11)16(19)18-12(2)13-6-8-15(9-7-13)22(17,20)21/h3-10,12H,1-2H3,(H,18,19)(H2,17,20,21)/t12-/m0/s1. The molecular formula is C16H18N2O3S. The molecule has 0 fully saturated rings. The molecule has 0 aromatic heterocycles. The number of primary sulfonamides is 1. The lowest BCUT2D eigenvalue weighted by Gasteiger charge is -2.15. The Hall–Kier alpha value is -2.18. The van der Waals surface area contributed by atoms with E-state index in [2.05, 4.69) is 5.32 Å². The molecule has 0 unspecified atom stereocenters. The number of hydrogen-bond acceptors (Lipinski definition) is 3. The van der Waals surface area contributed by atoms with E-state index < -0.39 is 10.0 Å². The van der Waals surface area contributed by atoms with Gasteiger partial charge in [-0.15, -0.1) is 0 Å². The van der Waals surface area contributed by atoms with Gasteiger partial charge in [0, 0.05) is 5.56 Å². The minimum absolute atomic E-state index is 0.0495. The number of rotatable bonds is 4. The summed E-state index contributed by atoms with van der Waals surface area (Å²) in [5.74, 6) is -0.174. The summed E-state index contributed by atoms with van der Waals surface area (Å²) in [6.07, 6.45) is 0. The average molecular weight is 318 g/mol. The van der Waals surface area contributed by atoms with Crippen LogP contribution in [0.15, 0.2) is 53.4 Å².